The van der Waals surface area contributed by atoms with Crippen molar-refractivity contribution >= 4 is 27.1 Å². The molecule has 1 aliphatic carbocycles. The molecule has 14 heteroatoms. The molecule has 0 amide bonds. The highest BCUT2D eigenvalue weighted by atomic mass is 32.2. The van der Waals surface area contributed by atoms with E-state index in [-0.39, 0.29) is 22.8 Å². The third kappa shape index (κ3) is 4.82. The van der Waals surface area contributed by atoms with E-state index in [1.165, 1.54) is 18.5 Å². The first kappa shape index (κ1) is 27.3. The van der Waals surface area contributed by atoms with Crippen LogP contribution >= 0.6 is 0 Å². The Morgan fingerprint density at radius 3 is 2.55 bits per heavy atom. The van der Waals surface area contributed by atoms with E-state index < -0.39 is 53.2 Å². The lowest BCUT2D eigenvalue weighted by atomic mass is 9.97. The van der Waals surface area contributed by atoms with Crippen LogP contribution in [0.3, 0.4) is 0 Å². The van der Waals surface area contributed by atoms with Crippen LogP contribution in [-0.4, -0.2) is 76.0 Å². The third-order valence-corrected chi connectivity index (χ3v) is 8.87. The molecule has 13 nitrogen and oxygen atoms in total. The zero-order valence-corrected chi connectivity index (χ0v) is 23.3. The summed E-state index contributed by atoms with van der Waals surface area (Å²) < 4.78 is 57.7. The molecular formula is C26H33N5O8S. The first-order valence-electron chi connectivity index (χ1n) is 13.3. The normalized spacial score (nSPS) is 28.4. The van der Waals surface area contributed by atoms with Crippen molar-refractivity contribution in [2.45, 2.75) is 87.3 Å². The van der Waals surface area contributed by atoms with Crippen LogP contribution in [0.1, 0.15) is 51.3 Å². The molecule has 4 heterocycles. The van der Waals surface area contributed by atoms with Crippen molar-refractivity contribution in [3.8, 4) is 6.01 Å². The van der Waals surface area contributed by atoms with Crippen LogP contribution in [0.2, 0.25) is 0 Å². The van der Waals surface area contributed by atoms with Gasteiger partial charge >= 0.3 is 6.01 Å². The Hall–Kier alpha value is -2.88. The number of fused-ring (bicyclic) bond motifs is 2. The van der Waals surface area contributed by atoms with Gasteiger partial charge in [-0.15, -0.1) is 0 Å². The molecule has 216 valence electrons. The second kappa shape index (κ2) is 9.89. The number of imidazole rings is 1. The number of aliphatic hydroxyl groups is 1. The predicted octanol–water partition coefficient (Wildman–Crippen LogP) is 2.22. The number of nitrogen functional groups attached to an aromatic ring is 1. The van der Waals surface area contributed by atoms with Crippen molar-refractivity contribution < 1.29 is 36.7 Å². The van der Waals surface area contributed by atoms with E-state index in [0.29, 0.717) is 11.2 Å². The van der Waals surface area contributed by atoms with Crippen LogP contribution in [0.4, 0.5) is 5.82 Å². The molecule has 40 heavy (non-hydrogen) atoms. The van der Waals surface area contributed by atoms with Gasteiger partial charge in [0.25, 0.3) is 10.1 Å². The largest absolute Gasteiger partial charge is 0.460 e. The topological polar surface area (TPSA) is 170 Å². The van der Waals surface area contributed by atoms with Crippen LogP contribution in [0, 0.1) is 6.92 Å². The van der Waals surface area contributed by atoms with Gasteiger partial charge in [0.1, 0.15) is 30.5 Å². The Balaban J connectivity index is 1.33. The van der Waals surface area contributed by atoms with Crippen LogP contribution in [0.5, 0.6) is 6.01 Å². The third-order valence-electron chi connectivity index (χ3n) is 7.60. The SMILES string of the molecule is Cc1ccc(S(=O)(=O)OCC2(CO)O[C@@H](n3cnc4c(N)nc(OC5CCCC5)nc43)[C@@H]3OC(C)(C)O[C@@H]32)cc1. The summed E-state index contributed by atoms with van der Waals surface area (Å²) >= 11 is 0. The molecule has 1 aromatic carbocycles. The average Bonchev–Trinajstić information content (AvgIpc) is 3.68. The quantitative estimate of drug-likeness (QED) is 0.376. The molecule has 3 fully saturated rings. The Labute approximate surface area is 231 Å². The molecular weight excluding hydrogens is 542 g/mol. The average molecular weight is 576 g/mol. The van der Waals surface area contributed by atoms with Crippen molar-refractivity contribution in [3.63, 3.8) is 0 Å². The lowest BCUT2D eigenvalue weighted by Gasteiger charge is -2.32. The second-order valence-corrected chi connectivity index (χ2v) is 12.6. The number of benzene rings is 1. The highest BCUT2D eigenvalue weighted by molar-refractivity contribution is 7.86. The summed E-state index contributed by atoms with van der Waals surface area (Å²) in [5, 5.41) is 10.6. The van der Waals surface area contributed by atoms with Gasteiger partial charge in [-0.1, -0.05) is 17.7 Å². The number of nitrogens with two attached hydrogens (primary N) is 1. The van der Waals surface area contributed by atoms with E-state index in [4.69, 9.17) is 28.9 Å². The summed E-state index contributed by atoms with van der Waals surface area (Å²) in [5.41, 5.74) is 6.21. The van der Waals surface area contributed by atoms with Gasteiger partial charge in [-0.25, -0.2) is 4.98 Å². The van der Waals surface area contributed by atoms with E-state index >= 15 is 0 Å². The van der Waals surface area contributed by atoms with Gasteiger partial charge in [-0.05, 0) is 58.6 Å². The minimum absolute atomic E-state index is 0.0104. The summed E-state index contributed by atoms with van der Waals surface area (Å²) in [6.07, 6.45) is 2.95. The van der Waals surface area contributed by atoms with E-state index in [1.807, 2.05) is 6.92 Å². The summed E-state index contributed by atoms with van der Waals surface area (Å²) in [7, 11) is -4.16. The first-order chi connectivity index (χ1) is 19.0. The summed E-state index contributed by atoms with van der Waals surface area (Å²) in [5.74, 6) is -0.898. The molecule has 0 bridgehead atoms. The summed E-state index contributed by atoms with van der Waals surface area (Å²) in [6, 6.07) is 6.41. The zero-order valence-electron chi connectivity index (χ0n) is 22.5. The van der Waals surface area contributed by atoms with Gasteiger partial charge < -0.3 is 29.8 Å². The number of hydrogen-bond donors (Lipinski definition) is 2. The summed E-state index contributed by atoms with van der Waals surface area (Å²) in [4.78, 5) is 13.2. The van der Waals surface area contributed by atoms with Crippen LogP contribution in [0.25, 0.3) is 11.2 Å². The molecule has 3 N–H and O–H groups in total. The zero-order chi connectivity index (χ0) is 28.3. The maximum Gasteiger partial charge on any atom is 0.320 e. The number of anilines is 1. The van der Waals surface area contributed by atoms with Crippen molar-refractivity contribution in [3.05, 3.63) is 36.2 Å². The van der Waals surface area contributed by atoms with Crippen molar-refractivity contribution in [2.24, 2.45) is 0 Å². The molecule has 0 radical (unpaired) electrons. The number of aromatic nitrogens is 4. The Bertz CT molecular complexity index is 1510. The molecule has 1 saturated carbocycles. The number of rotatable bonds is 8. The minimum Gasteiger partial charge on any atom is -0.460 e. The van der Waals surface area contributed by atoms with E-state index in [2.05, 4.69) is 15.0 Å². The van der Waals surface area contributed by atoms with Gasteiger partial charge in [0.2, 0.25) is 0 Å². The highest BCUT2D eigenvalue weighted by Gasteiger charge is 2.64. The van der Waals surface area contributed by atoms with E-state index in [9.17, 15) is 13.5 Å². The second-order valence-electron chi connectivity index (χ2n) is 11.0. The number of hydrogen-bond acceptors (Lipinski definition) is 12. The molecule has 1 unspecified atom stereocenters. The van der Waals surface area contributed by atoms with Crippen LogP contribution < -0.4 is 10.5 Å². The molecule has 3 aromatic rings. The lowest BCUT2D eigenvalue weighted by Crippen LogP contribution is -2.50. The maximum atomic E-state index is 13.0. The van der Waals surface area contributed by atoms with Crippen molar-refractivity contribution in [2.75, 3.05) is 18.9 Å². The van der Waals surface area contributed by atoms with Crippen LogP contribution in [0.15, 0.2) is 35.5 Å². The fourth-order valence-electron chi connectivity index (χ4n) is 5.55. The Morgan fingerprint density at radius 2 is 1.85 bits per heavy atom. The Kier molecular flexibility index (Phi) is 6.75. The molecule has 2 saturated heterocycles. The maximum absolute atomic E-state index is 13.0. The van der Waals surface area contributed by atoms with Crippen LogP contribution in [-0.2, 0) is 28.5 Å². The van der Waals surface area contributed by atoms with E-state index in [1.54, 1.807) is 30.5 Å². The lowest BCUT2D eigenvalue weighted by molar-refractivity contribution is -0.231. The van der Waals surface area contributed by atoms with Crippen molar-refractivity contribution in [1.29, 1.82) is 0 Å². The Morgan fingerprint density at radius 1 is 1.12 bits per heavy atom. The number of nitrogens with zero attached hydrogens (tertiary/aromatic N) is 4. The standard InChI is InChI=1S/C26H33N5O8S/c1-15-8-10-17(11-9-15)40(33,34)35-13-26(12-32)20-19(37-25(2,3)38-20)23(39-26)31-14-28-18-21(27)29-24(30-22(18)31)36-16-6-4-5-7-16/h8-11,14,16,19-20,23,32H,4-7,12-13H2,1-3H3,(H2,27,29,30)/t19-,20+,23-,26?/m1/s1. The number of aryl methyl sites for hydroxylation is 1. The number of ether oxygens (including phenoxy) is 4. The van der Waals surface area contributed by atoms with Gasteiger partial charge in [-0.2, -0.15) is 18.4 Å². The number of aliphatic hydroxyl groups excluding tert-OH is 1. The molecule has 0 spiro atoms. The van der Waals surface area contributed by atoms with E-state index in [0.717, 1.165) is 31.2 Å². The predicted molar refractivity (Wildman–Crippen MR) is 141 cm³/mol. The summed E-state index contributed by atoms with van der Waals surface area (Å²) in [6.45, 7) is 4.19. The molecule has 4 atom stereocenters. The molecule has 2 aromatic heterocycles. The van der Waals surface area contributed by atoms with Crippen molar-refractivity contribution in [1.82, 2.24) is 19.5 Å². The van der Waals surface area contributed by atoms with Gasteiger partial charge in [-0.3, -0.25) is 8.75 Å². The monoisotopic (exact) mass is 575 g/mol. The highest BCUT2D eigenvalue weighted by Crippen LogP contribution is 2.49. The fraction of sp³-hybridized carbons (Fsp3) is 0.577. The van der Waals surface area contributed by atoms with Gasteiger partial charge in [0, 0.05) is 0 Å². The molecule has 6 rings (SSSR count). The molecule has 3 aliphatic rings. The first-order valence-corrected chi connectivity index (χ1v) is 14.7. The molecule has 2 aliphatic heterocycles. The van der Waals surface area contributed by atoms with Gasteiger partial charge in [0.15, 0.2) is 29.0 Å². The minimum atomic E-state index is -4.16. The smallest absolute Gasteiger partial charge is 0.320 e. The fourth-order valence-corrected chi connectivity index (χ4v) is 6.51. The van der Waals surface area contributed by atoms with Gasteiger partial charge in [0.05, 0.1) is 17.8 Å².